The Labute approximate surface area is 239 Å². The van der Waals surface area contributed by atoms with Crippen molar-refractivity contribution in [3.8, 4) is 16.9 Å². The Balaban J connectivity index is 1.35. The van der Waals surface area contributed by atoms with Crippen LogP contribution in [-0.2, 0) is 22.8 Å². The Kier molecular flexibility index (Phi) is 8.42. The standard InChI is InChI=1S/C31H34FN3O5S/c1-3-25-26(9-11-28(29(25)32)41(2,38)39)31(37)35-16-17-40-27-10-8-22(18-23(27)19-35)20-4-6-21(7-5-20)30(36)34-24-12-14-33-15-13-24/h4-11,18,24,33H,3,12-17,19H2,1-2H3,(H,34,36). The van der Waals surface area contributed by atoms with E-state index in [1.165, 1.54) is 6.07 Å². The predicted molar refractivity (Wildman–Crippen MR) is 154 cm³/mol. The fourth-order valence-corrected chi connectivity index (χ4v) is 6.16. The molecule has 216 valence electrons. The lowest BCUT2D eigenvalue weighted by molar-refractivity contribution is 0.0731. The SMILES string of the molecule is CCc1c(C(=O)N2CCOc3ccc(-c4ccc(C(=O)NC5CCNCC5)cc4)cc3C2)ccc(S(C)(=O)=O)c1F. The first-order chi connectivity index (χ1) is 19.7. The number of fused-ring (bicyclic) bond motifs is 1. The summed E-state index contributed by atoms with van der Waals surface area (Å²) in [5.74, 6) is -0.675. The van der Waals surface area contributed by atoms with Gasteiger partial charge in [0.05, 0.1) is 6.54 Å². The lowest BCUT2D eigenvalue weighted by Gasteiger charge is -2.23. The zero-order valence-electron chi connectivity index (χ0n) is 23.2. The zero-order chi connectivity index (χ0) is 29.1. The van der Waals surface area contributed by atoms with Crippen LogP contribution in [0.1, 0.15) is 51.6 Å². The van der Waals surface area contributed by atoms with E-state index in [4.69, 9.17) is 4.74 Å². The number of hydrogen-bond acceptors (Lipinski definition) is 6. The highest BCUT2D eigenvalue weighted by Gasteiger charge is 2.27. The molecule has 8 nitrogen and oxygen atoms in total. The van der Waals surface area contributed by atoms with Crippen molar-refractivity contribution in [3.05, 3.63) is 82.7 Å². The number of carbonyl (C=O) groups excluding carboxylic acids is 2. The summed E-state index contributed by atoms with van der Waals surface area (Å²) in [6.45, 7) is 4.31. The average Bonchev–Trinajstić information content (AvgIpc) is 3.18. The normalized spacial score (nSPS) is 15.9. The molecular weight excluding hydrogens is 545 g/mol. The number of rotatable bonds is 6. The molecule has 41 heavy (non-hydrogen) atoms. The molecule has 2 aliphatic rings. The van der Waals surface area contributed by atoms with E-state index in [9.17, 15) is 18.0 Å². The predicted octanol–water partition coefficient (Wildman–Crippen LogP) is 3.98. The van der Waals surface area contributed by atoms with E-state index in [1.807, 2.05) is 42.5 Å². The van der Waals surface area contributed by atoms with Gasteiger partial charge in [0, 0.05) is 41.1 Å². The number of halogens is 1. The van der Waals surface area contributed by atoms with Gasteiger partial charge < -0.3 is 20.3 Å². The smallest absolute Gasteiger partial charge is 0.254 e. The van der Waals surface area contributed by atoms with Gasteiger partial charge in [-0.15, -0.1) is 0 Å². The number of nitrogens with zero attached hydrogens (tertiary/aromatic N) is 1. The van der Waals surface area contributed by atoms with Crippen LogP contribution in [0.25, 0.3) is 11.1 Å². The van der Waals surface area contributed by atoms with Crippen molar-refractivity contribution in [1.82, 2.24) is 15.5 Å². The van der Waals surface area contributed by atoms with Gasteiger partial charge in [-0.2, -0.15) is 0 Å². The van der Waals surface area contributed by atoms with E-state index < -0.39 is 20.5 Å². The van der Waals surface area contributed by atoms with Crippen molar-refractivity contribution in [3.63, 3.8) is 0 Å². The third-order valence-corrected chi connectivity index (χ3v) is 8.79. The first kappa shape index (κ1) is 28.8. The van der Waals surface area contributed by atoms with E-state index in [0.29, 0.717) is 17.9 Å². The Morgan fingerprint density at radius 1 is 1.05 bits per heavy atom. The molecule has 1 saturated heterocycles. The highest BCUT2D eigenvalue weighted by atomic mass is 32.2. The molecule has 0 unspecified atom stereocenters. The number of ether oxygens (including phenoxy) is 1. The summed E-state index contributed by atoms with van der Waals surface area (Å²) in [4.78, 5) is 27.5. The molecular formula is C31H34FN3O5S. The van der Waals surface area contributed by atoms with Crippen LogP contribution in [-0.4, -0.2) is 63.7 Å². The second kappa shape index (κ2) is 12.0. The summed E-state index contributed by atoms with van der Waals surface area (Å²) in [5, 5.41) is 6.40. The average molecular weight is 580 g/mol. The fourth-order valence-electron chi connectivity index (χ4n) is 5.40. The molecule has 10 heteroatoms. The molecule has 0 aromatic heterocycles. The molecule has 0 radical (unpaired) electrons. The number of carbonyl (C=O) groups is 2. The van der Waals surface area contributed by atoms with Crippen LogP contribution in [0.3, 0.4) is 0 Å². The van der Waals surface area contributed by atoms with Gasteiger partial charge in [-0.1, -0.05) is 25.1 Å². The van der Waals surface area contributed by atoms with Crippen LogP contribution >= 0.6 is 0 Å². The van der Waals surface area contributed by atoms with Gasteiger partial charge in [-0.3, -0.25) is 9.59 Å². The van der Waals surface area contributed by atoms with Gasteiger partial charge in [-0.25, -0.2) is 12.8 Å². The Bertz CT molecular complexity index is 1570. The molecule has 3 aromatic rings. The molecule has 2 N–H and O–H groups in total. The number of piperidine rings is 1. The number of hydrogen-bond donors (Lipinski definition) is 2. The molecule has 2 aliphatic heterocycles. The minimum Gasteiger partial charge on any atom is -0.491 e. The first-order valence-electron chi connectivity index (χ1n) is 13.8. The second-order valence-corrected chi connectivity index (χ2v) is 12.5. The van der Waals surface area contributed by atoms with Crippen molar-refractivity contribution < 1.29 is 27.1 Å². The van der Waals surface area contributed by atoms with E-state index >= 15 is 4.39 Å². The van der Waals surface area contributed by atoms with Crippen LogP contribution in [0.4, 0.5) is 4.39 Å². The Hall–Kier alpha value is -3.76. The maximum Gasteiger partial charge on any atom is 0.254 e. The summed E-state index contributed by atoms with van der Waals surface area (Å²) in [6.07, 6.45) is 2.96. The van der Waals surface area contributed by atoms with E-state index in [-0.39, 0.29) is 48.6 Å². The van der Waals surface area contributed by atoms with Gasteiger partial charge in [0.1, 0.15) is 23.1 Å². The zero-order valence-corrected chi connectivity index (χ0v) is 24.0. The maximum absolute atomic E-state index is 15.1. The third-order valence-electron chi connectivity index (χ3n) is 7.67. The van der Waals surface area contributed by atoms with E-state index in [1.54, 1.807) is 11.8 Å². The Morgan fingerprint density at radius 3 is 2.44 bits per heavy atom. The molecule has 0 saturated carbocycles. The highest BCUT2D eigenvalue weighted by molar-refractivity contribution is 7.90. The van der Waals surface area contributed by atoms with Crippen LogP contribution in [0.2, 0.25) is 0 Å². The van der Waals surface area contributed by atoms with Crippen molar-refractivity contribution >= 4 is 21.7 Å². The van der Waals surface area contributed by atoms with Gasteiger partial charge >= 0.3 is 0 Å². The van der Waals surface area contributed by atoms with Crippen LogP contribution in [0, 0.1) is 5.82 Å². The minimum atomic E-state index is -3.77. The largest absolute Gasteiger partial charge is 0.491 e. The quantitative estimate of drug-likeness (QED) is 0.458. The van der Waals surface area contributed by atoms with Crippen molar-refractivity contribution in [2.24, 2.45) is 0 Å². The number of benzene rings is 3. The molecule has 0 bridgehead atoms. The van der Waals surface area contributed by atoms with Crippen molar-refractivity contribution in [1.29, 1.82) is 0 Å². The maximum atomic E-state index is 15.1. The lowest BCUT2D eigenvalue weighted by atomic mass is 10.00. The summed E-state index contributed by atoms with van der Waals surface area (Å²) in [5.41, 5.74) is 3.46. The topological polar surface area (TPSA) is 105 Å². The van der Waals surface area contributed by atoms with Crippen LogP contribution < -0.4 is 15.4 Å². The third kappa shape index (κ3) is 6.28. The lowest BCUT2D eigenvalue weighted by Crippen LogP contribution is -2.42. The first-order valence-corrected chi connectivity index (χ1v) is 15.7. The molecule has 0 aliphatic carbocycles. The van der Waals surface area contributed by atoms with Gasteiger partial charge in [0.25, 0.3) is 11.8 Å². The van der Waals surface area contributed by atoms with Crippen LogP contribution in [0.15, 0.2) is 59.5 Å². The fraction of sp³-hybridized carbons (Fsp3) is 0.355. The highest BCUT2D eigenvalue weighted by Crippen LogP contribution is 2.31. The van der Waals surface area contributed by atoms with Gasteiger partial charge in [0.15, 0.2) is 9.84 Å². The van der Waals surface area contributed by atoms with Gasteiger partial charge in [-0.05, 0) is 79.9 Å². The minimum absolute atomic E-state index is 0.0830. The summed E-state index contributed by atoms with van der Waals surface area (Å²) >= 11 is 0. The Morgan fingerprint density at radius 2 is 1.76 bits per heavy atom. The number of amides is 2. The second-order valence-electron chi connectivity index (χ2n) is 10.5. The molecule has 0 atom stereocenters. The monoisotopic (exact) mass is 579 g/mol. The molecule has 5 rings (SSSR count). The van der Waals surface area contributed by atoms with Crippen molar-refractivity contribution in [2.45, 2.75) is 43.7 Å². The van der Waals surface area contributed by atoms with Crippen LogP contribution in [0.5, 0.6) is 5.75 Å². The molecule has 2 amide bonds. The van der Waals surface area contributed by atoms with E-state index in [0.717, 1.165) is 54.9 Å². The molecule has 3 aromatic carbocycles. The number of nitrogens with one attached hydrogen (secondary N) is 2. The summed E-state index contributed by atoms with van der Waals surface area (Å²) in [7, 11) is -3.77. The molecule has 1 fully saturated rings. The summed E-state index contributed by atoms with van der Waals surface area (Å²) in [6, 6.07) is 15.9. The molecule has 0 spiro atoms. The summed E-state index contributed by atoms with van der Waals surface area (Å²) < 4.78 is 45.0. The van der Waals surface area contributed by atoms with E-state index in [2.05, 4.69) is 10.6 Å². The number of sulfone groups is 1. The molecule has 2 heterocycles. The van der Waals surface area contributed by atoms with Gasteiger partial charge in [0.2, 0.25) is 0 Å². The van der Waals surface area contributed by atoms with Crippen molar-refractivity contribution in [2.75, 3.05) is 32.5 Å².